The molecule has 5 amide bonds. The third-order valence-corrected chi connectivity index (χ3v) is 13.8. The van der Waals surface area contributed by atoms with Crippen LogP contribution in [0.15, 0.2) is 54.6 Å². The van der Waals surface area contributed by atoms with Crippen molar-refractivity contribution in [3.05, 3.63) is 93.0 Å². The number of imide groups is 2. The number of aliphatic hydroxyl groups is 1. The maximum absolute atomic E-state index is 13.6. The van der Waals surface area contributed by atoms with E-state index in [1.807, 2.05) is 41.3 Å². The van der Waals surface area contributed by atoms with Gasteiger partial charge in [0.2, 0.25) is 11.8 Å². The average Bonchev–Trinajstić information content (AvgIpc) is 3.83. The number of nitrogens with one attached hydrogen (secondary N) is 1. The molecule has 6 aliphatic heterocycles. The minimum atomic E-state index is -1.01. The van der Waals surface area contributed by atoms with Crippen LogP contribution < -0.4 is 15.1 Å². The van der Waals surface area contributed by atoms with Gasteiger partial charge in [-0.25, -0.2) is 0 Å². The average molecular weight is 804 g/mol. The molecule has 0 aliphatic carbocycles. The molecule has 4 fully saturated rings. The molecule has 0 aromatic heterocycles. The molecule has 2 N–H and O–H groups in total. The van der Waals surface area contributed by atoms with E-state index in [9.17, 15) is 34.3 Å². The van der Waals surface area contributed by atoms with E-state index in [1.54, 1.807) is 18.2 Å². The normalized spacial score (nSPS) is 24.0. The second-order valence-electron chi connectivity index (χ2n) is 17.3. The van der Waals surface area contributed by atoms with Crippen molar-refractivity contribution in [1.82, 2.24) is 20.0 Å². The van der Waals surface area contributed by atoms with Crippen molar-refractivity contribution >= 4 is 52.5 Å². The van der Waals surface area contributed by atoms with Gasteiger partial charge in [-0.3, -0.25) is 39.1 Å². The van der Waals surface area contributed by atoms with Gasteiger partial charge in [0.05, 0.1) is 27.3 Å². The number of nitriles is 1. The van der Waals surface area contributed by atoms with Crippen molar-refractivity contribution in [2.24, 2.45) is 5.41 Å². The summed E-state index contributed by atoms with van der Waals surface area (Å²) in [5.41, 5.74) is 4.86. The Hall–Kier alpha value is -5.29. The summed E-state index contributed by atoms with van der Waals surface area (Å²) in [6.07, 6.45) is 4.31. The third kappa shape index (κ3) is 6.80. The molecule has 4 saturated heterocycles. The molecular formula is C44H46ClN7O6. The summed E-state index contributed by atoms with van der Waals surface area (Å²) in [6.45, 7) is 7.38. The molecule has 6 aliphatic rings. The smallest absolute Gasteiger partial charge is 0.262 e. The Morgan fingerprint density at radius 3 is 2.14 bits per heavy atom. The van der Waals surface area contributed by atoms with E-state index in [-0.39, 0.29) is 35.3 Å². The topological polar surface area (TPSA) is 158 Å². The van der Waals surface area contributed by atoms with Gasteiger partial charge in [-0.2, -0.15) is 5.26 Å². The number of likely N-dealkylation sites (tertiary alicyclic amines) is 1. The number of piperidine rings is 3. The maximum Gasteiger partial charge on any atom is 0.262 e. The van der Waals surface area contributed by atoms with Crippen LogP contribution in [0.5, 0.6) is 0 Å². The molecule has 3 aromatic carbocycles. The third-order valence-electron chi connectivity index (χ3n) is 13.5. The predicted octanol–water partition coefficient (Wildman–Crippen LogP) is 4.48. The van der Waals surface area contributed by atoms with Gasteiger partial charge >= 0.3 is 0 Å². The van der Waals surface area contributed by atoms with Crippen LogP contribution in [0, 0.1) is 16.7 Å². The van der Waals surface area contributed by atoms with Gasteiger partial charge < -0.3 is 19.8 Å². The molecule has 0 saturated carbocycles. The molecule has 1 spiro atoms. The number of carbonyl (C=O) groups is 5. The van der Waals surface area contributed by atoms with Gasteiger partial charge in [-0.15, -0.1) is 0 Å². The monoisotopic (exact) mass is 803 g/mol. The Balaban J connectivity index is 0.759. The molecule has 1 unspecified atom stereocenters. The molecule has 9 rings (SSSR count). The highest BCUT2D eigenvalue weighted by atomic mass is 35.5. The molecule has 58 heavy (non-hydrogen) atoms. The SMILES string of the molecule is C[C@H]1CC2(CCN(c3ccc(C(=O)N4CCC(O)(CN5Cc6cc7c(cc6C5)C(=O)N(C5CCC(=O)NC5=O)C7=O)CC4)cc3)CC2)CN1c1ccc(C#N)c(Cl)c1. The number of anilines is 2. The van der Waals surface area contributed by atoms with Gasteiger partial charge in [0.15, 0.2) is 0 Å². The second kappa shape index (κ2) is 14.5. The molecule has 0 bridgehead atoms. The minimum Gasteiger partial charge on any atom is -0.388 e. The first-order valence-electron chi connectivity index (χ1n) is 20.3. The van der Waals surface area contributed by atoms with E-state index < -0.39 is 35.3 Å². The molecule has 6 heterocycles. The van der Waals surface area contributed by atoms with Crippen LogP contribution in [0.3, 0.4) is 0 Å². The van der Waals surface area contributed by atoms with E-state index in [0.29, 0.717) is 67.8 Å². The van der Waals surface area contributed by atoms with Gasteiger partial charge in [0, 0.05) is 81.8 Å². The maximum atomic E-state index is 13.6. The van der Waals surface area contributed by atoms with Crippen molar-refractivity contribution in [3.63, 3.8) is 0 Å². The van der Waals surface area contributed by atoms with Crippen LogP contribution in [-0.2, 0) is 22.7 Å². The van der Waals surface area contributed by atoms with Crippen LogP contribution in [0.1, 0.15) is 99.6 Å². The lowest BCUT2D eigenvalue weighted by molar-refractivity contribution is -0.136. The van der Waals surface area contributed by atoms with Crippen molar-refractivity contribution < 1.29 is 29.1 Å². The zero-order valence-corrected chi connectivity index (χ0v) is 33.3. The Bertz CT molecular complexity index is 2230. The number of β-amino-alcohol motifs (C(OH)–C–C–N with tert-alkyl or cyclic N) is 1. The number of rotatable bonds is 6. The Labute approximate surface area is 342 Å². The van der Waals surface area contributed by atoms with Crippen LogP contribution in [-0.4, -0.2) is 106 Å². The van der Waals surface area contributed by atoms with E-state index in [4.69, 9.17) is 11.6 Å². The minimum absolute atomic E-state index is 0.0436. The van der Waals surface area contributed by atoms with Gasteiger partial charge in [-0.05, 0) is 117 Å². The van der Waals surface area contributed by atoms with Crippen LogP contribution >= 0.6 is 11.6 Å². The highest BCUT2D eigenvalue weighted by molar-refractivity contribution is 6.32. The molecule has 13 nitrogen and oxygen atoms in total. The van der Waals surface area contributed by atoms with Crippen LogP contribution in [0.25, 0.3) is 0 Å². The van der Waals surface area contributed by atoms with Crippen molar-refractivity contribution in [2.75, 3.05) is 49.1 Å². The summed E-state index contributed by atoms with van der Waals surface area (Å²) in [4.78, 5) is 74.1. The lowest BCUT2D eigenvalue weighted by Crippen LogP contribution is -2.54. The molecule has 14 heteroatoms. The first-order chi connectivity index (χ1) is 27.8. The fourth-order valence-electron chi connectivity index (χ4n) is 10.3. The lowest BCUT2D eigenvalue weighted by Gasteiger charge is -2.41. The highest BCUT2D eigenvalue weighted by Gasteiger charge is 2.47. The number of hydrogen-bond donors (Lipinski definition) is 2. The van der Waals surface area contributed by atoms with E-state index in [1.165, 1.54) is 0 Å². The van der Waals surface area contributed by atoms with Crippen LogP contribution in [0.2, 0.25) is 5.02 Å². The number of fused-ring (bicyclic) bond motifs is 2. The Morgan fingerprint density at radius 2 is 1.53 bits per heavy atom. The summed E-state index contributed by atoms with van der Waals surface area (Å²) >= 11 is 6.37. The summed E-state index contributed by atoms with van der Waals surface area (Å²) in [5, 5.41) is 23.6. The van der Waals surface area contributed by atoms with E-state index >= 15 is 0 Å². The number of halogens is 1. The van der Waals surface area contributed by atoms with Gasteiger partial charge in [0.25, 0.3) is 17.7 Å². The summed E-state index contributed by atoms with van der Waals surface area (Å²) < 4.78 is 0. The summed E-state index contributed by atoms with van der Waals surface area (Å²) in [5.74, 6) is -2.14. The first kappa shape index (κ1) is 38.2. The Kier molecular flexibility index (Phi) is 9.57. The fourth-order valence-corrected chi connectivity index (χ4v) is 10.5. The Morgan fingerprint density at radius 1 is 0.897 bits per heavy atom. The first-order valence-corrected chi connectivity index (χ1v) is 20.6. The van der Waals surface area contributed by atoms with Gasteiger partial charge in [0.1, 0.15) is 12.1 Å². The molecule has 3 aromatic rings. The van der Waals surface area contributed by atoms with Gasteiger partial charge in [-0.1, -0.05) is 11.6 Å². The predicted molar refractivity (Wildman–Crippen MR) is 215 cm³/mol. The molecular weight excluding hydrogens is 758 g/mol. The number of benzene rings is 3. The lowest BCUT2D eigenvalue weighted by atomic mass is 9.76. The summed E-state index contributed by atoms with van der Waals surface area (Å²) in [6, 6.07) is 18.6. The van der Waals surface area contributed by atoms with E-state index in [0.717, 1.165) is 66.3 Å². The standard InChI is InChI=1S/C44H46ClN7O6/c1-27-21-43(25-51(27)33-7-4-29(22-46)36(45)20-33)10-14-49(15-11-43)32-5-2-28(3-6-32)40(55)50-16-12-44(58,13-17-50)26-48-23-30-18-34-35(19-31(30)24-48)42(57)52(41(34)56)37-8-9-38(53)47-39(37)54/h2-7,18-20,27,37,58H,8-17,21,23-26H2,1H3,(H,47,53,54)/t27-,37?/m0/s1. The summed E-state index contributed by atoms with van der Waals surface area (Å²) in [7, 11) is 0. The quantitative estimate of drug-likeness (QED) is 0.341. The number of carbonyl (C=O) groups excluding carboxylic acids is 5. The molecule has 0 radical (unpaired) electrons. The van der Waals surface area contributed by atoms with Crippen LogP contribution in [0.4, 0.5) is 11.4 Å². The highest BCUT2D eigenvalue weighted by Crippen LogP contribution is 2.46. The molecule has 2 atom stereocenters. The van der Waals surface area contributed by atoms with Crippen molar-refractivity contribution in [3.8, 4) is 6.07 Å². The second-order valence-corrected chi connectivity index (χ2v) is 17.7. The van der Waals surface area contributed by atoms with E-state index in [2.05, 4.69) is 33.0 Å². The zero-order valence-electron chi connectivity index (χ0n) is 32.5. The number of nitrogens with zero attached hydrogens (tertiary/aromatic N) is 6. The zero-order chi connectivity index (χ0) is 40.5. The van der Waals surface area contributed by atoms with Crippen molar-refractivity contribution in [1.29, 1.82) is 5.26 Å². The molecule has 300 valence electrons. The van der Waals surface area contributed by atoms with Crippen molar-refractivity contribution in [2.45, 2.75) is 82.6 Å². The fraction of sp³-hybridized carbons (Fsp3) is 0.455. The largest absolute Gasteiger partial charge is 0.388 e. The number of amides is 5. The number of hydrogen-bond acceptors (Lipinski definition) is 10.